The number of ketones is 1. The second-order valence-corrected chi connectivity index (χ2v) is 9.05. The van der Waals surface area contributed by atoms with Crippen LogP contribution >= 0.6 is 0 Å². The van der Waals surface area contributed by atoms with Gasteiger partial charge in [0.25, 0.3) is 0 Å². The van der Waals surface area contributed by atoms with Crippen molar-refractivity contribution in [2.45, 2.75) is 69.9 Å². The van der Waals surface area contributed by atoms with Gasteiger partial charge in [0.15, 0.2) is 5.78 Å². The summed E-state index contributed by atoms with van der Waals surface area (Å²) < 4.78 is 0. The van der Waals surface area contributed by atoms with Crippen molar-refractivity contribution in [1.82, 2.24) is 4.98 Å². The van der Waals surface area contributed by atoms with E-state index in [1.165, 1.54) is 12.8 Å². The number of pyridine rings is 1. The zero-order valence-corrected chi connectivity index (χ0v) is 15.5. The highest BCUT2D eigenvalue weighted by Gasteiger charge is 2.54. The summed E-state index contributed by atoms with van der Waals surface area (Å²) in [5.74, 6) is 1.93. The molecule has 4 bridgehead atoms. The number of hydrogen-bond donors (Lipinski definition) is 2. The third-order valence-corrected chi connectivity index (χ3v) is 7.12. The predicted octanol–water partition coefficient (Wildman–Crippen LogP) is 3.99. The molecule has 4 fully saturated rings. The number of nitrogens with one attached hydrogen (secondary N) is 1. The molecule has 0 saturated heterocycles. The molecule has 1 aromatic heterocycles. The molecule has 5 aliphatic carbocycles. The van der Waals surface area contributed by atoms with Gasteiger partial charge in [0.05, 0.1) is 22.5 Å². The molecule has 0 spiro atoms. The summed E-state index contributed by atoms with van der Waals surface area (Å²) in [6.07, 6.45) is 13.6. The average molecular weight is 352 g/mol. The highest BCUT2D eigenvalue weighted by Crippen LogP contribution is 2.56. The molecule has 0 radical (unpaired) electrons. The van der Waals surface area contributed by atoms with Crippen LogP contribution in [0.25, 0.3) is 6.08 Å². The van der Waals surface area contributed by atoms with Gasteiger partial charge in [-0.05, 0) is 56.3 Å². The van der Waals surface area contributed by atoms with Gasteiger partial charge in [-0.15, -0.1) is 0 Å². The number of anilines is 1. The number of hydrogen-bond acceptors (Lipinski definition) is 4. The van der Waals surface area contributed by atoms with Crippen molar-refractivity contribution in [3.63, 3.8) is 0 Å². The molecule has 4 nitrogen and oxygen atoms in total. The van der Waals surface area contributed by atoms with E-state index in [0.717, 1.165) is 54.6 Å². The fraction of sp³-hybridized carbons (Fsp3) is 0.636. The zero-order valence-electron chi connectivity index (χ0n) is 15.5. The Morgan fingerprint density at radius 2 is 2.08 bits per heavy atom. The van der Waals surface area contributed by atoms with E-state index in [4.69, 9.17) is 0 Å². The lowest BCUT2D eigenvalue weighted by Gasteiger charge is -2.58. The van der Waals surface area contributed by atoms with Crippen molar-refractivity contribution in [2.24, 2.45) is 17.8 Å². The Labute approximate surface area is 155 Å². The minimum Gasteiger partial charge on any atom is -0.390 e. The van der Waals surface area contributed by atoms with Gasteiger partial charge in [-0.2, -0.15) is 0 Å². The molecule has 5 aliphatic rings. The third kappa shape index (κ3) is 2.53. The summed E-state index contributed by atoms with van der Waals surface area (Å²) in [4.78, 5) is 17.3. The van der Waals surface area contributed by atoms with Gasteiger partial charge < -0.3 is 10.4 Å². The smallest absolute Gasteiger partial charge is 0.166 e. The Balaban J connectivity index is 1.50. The molecular formula is C22H28N2O2. The summed E-state index contributed by atoms with van der Waals surface area (Å²) in [6, 6.07) is 0.375. The molecule has 0 aliphatic heterocycles. The van der Waals surface area contributed by atoms with Crippen LogP contribution in [-0.4, -0.2) is 27.5 Å². The van der Waals surface area contributed by atoms with Crippen molar-refractivity contribution in [3.8, 4) is 0 Å². The third-order valence-electron chi connectivity index (χ3n) is 7.12. The number of carbonyl (C=O) groups is 1. The van der Waals surface area contributed by atoms with Gasteiger partial charge >= 0.3 is 0 Å². The molecule has 2 N–H and O–H groups in total. The minimum atomic E-state index is -0.421. The first-order valence-electron chi connectivity index (χ1n) is 10.3. The molecule has 5 atom stereocenters. The molecule has 138 valence electrons. The molecule has 1 heterocycles. The van der Waals surface area contributed by atoms with Gasteiger partial charge in [-0.25, -0.2) is 0 Å². The molecule has 1 aromatic rings. The lowest BCUT2D eigenvalue weighted by Crippen LogP contribution is -2.59. The van der Waals surface area contributed by atoms with Crippen LogP contribution < -0.4 is 5.32 Å². The van der Waals surface area contributed by atoms with E-state index in [1.807, 2.05) is 6.92 Å². The van der Waals surface area contributed by atoms with Crippen LogP contribution in [0.1, 0.15) is 73.5 Å². The fourth-order valence-corrected chi connectivity index (χ4v) is 6.31. The molecule has 26 heavy (non-hydrogen) atoms. The second kappa shape index (κ2) is 5.91. The van der Waals surface area contributed by atoms with Crippen molar-refractivity contribution < 1.29 is 9.90 Å². The highest BCUT2D eigenvalue weighted by molar-refractivity contribution is 6.03. The number of rotatable bonds is 5. The van der Waals surface area contributed by atoms with E-state index in [2.05, 4.69) is 22.5 Å². The number of carbonyl (C=O) groups excluding carboxylic acids is 1. The summed E-state index contributed by atoms with van der Waals surface area (Å²) >= 11 is 0. The van der Waals surface area contributed by atoms with E-state index >= 15 is 0 Å². The van der Waals surface area contributed by atoms with Gasteiger partial charge in [0, 0.05) is 30.6 Å². The first-order valence-corrected chi connectivity index (χ1v) is 10.3. The van der Waals surface area contributed by atoms with Crippen LogP contribution in [0.4, 0.5) is 5.69 Å². The maximum atomic E-state index is 12.7. The fourth-order valence-electron chi connectivity index (χ4n) is 6.31. The number of Topliss-reactive ketones (excluding diaryl/α,β-unsaturated/α-hetero) is 1. The van der Waals surface area contributed by atoms with Crippen LogP contribution in [0.3, 0.4) is 0 Å². The number of aliphatic hydroxyl groups is 1. The lowest BCUT2D eigenvalue weighted by molar-refractivity contribution is -0.129. The molecular weight excluding hydrogens is 324 g/mol. The number of fused-ring (bicyclic) bond motifs is 1. The monoisotopic (exact) mass is 352 g/mol. The van der Waals surface area contributed by atoms with Crippen molar-refractivity contribution in [1.29, 1.82) is 0 Å². The molecule has 0 amide bonds. The summed E-state index contributed by atoms with van der Waals surface area (Å²) in [5, 5.41) is 14.7. The van der Waals surface area contributed by atoms with E-state index < -0.39 is 5.60 Å². The average Bonchev–Trinajstić information content (AvgIpc) is 3.05. The molecule has 3 unspecified atom stereocenters. The minimum absolute atomic E-state index is 0.188. The van der Waals surface area contributed by atoms with E-state index in [-0.39, 0.29) is 5.78 Å². The quantitative estimate of drug-likeness (QED) is 0.787. The van der Waals surface area contributed by atoms with E-state index in [0.29, 0.717) is 30.2 Å². The first kappa shape index (κ1) is 16.5. The van der Waals surface area contributed by atoms with Crippen LogP contribution in [0.2, 0.25) is 0 Å². The largest absolute Gasteiger partial charge is 0.390 e. The van der Waals surface area contributed by atoms with Crippen LogP contribution in [-0.2, 0) is 6.42 Å². The second-order valence-electron chi connectivity index (χ2n) is 9.05. The maximum Gasteiger partial charge on any atom is 0.166 e. The number of nitrogens with zero attached hydrogens (tertiary/aromatic N) is 1. The molecule has 0 aromatic carbocycles. The van der Waals surface area contributed by atoms with Gasteiger partial charge in [0.1, 0.15) is 0 Å². The predicted molar refractivity (Wildman–Crippen MR) is 102 cm³/mol. The van der Waals surface area contributed by atoms with E-state index in [9.17, 15) is 9.90 Å². The Morgan fingerprint density at radius 1 is 1.31 bits per heavy atom. The van der Waals surface area contributed by atoms with Gasteiger partial charge in [-0.3, -0.25) is 9.78 Å². The van der Waals surface area contributed by atoms with Crippen LogP contribution in [0.15, 0.2) is 12.3 Å². The van der Waals surface area contributed by atoms with Crippen LogP contribution in [0.5, 0.6) is 0 Å². The summed E-state index contributed by atoms with van der Waals surface area (Å²) in [6.45, 7) is 2.05. The molecule has 4 saturated carbocycles. The number of aromatic nitrogens is 1. The Hall–Kier alpha value is -1.68. The van der Waals surface area contributed by atoms with E-state index in [1.54, 1.807) is 6.20 Å². The number of allylic oxidation sites excluding steroid dienone is 1. The van der Waals surface area contributed by atoms with Crippen molar-refractivity contribution in [3.05, 3.63) is 29.1 Å². The first-order chi connectivity index (χ1) is 12.6. The Morgan fingerprint density at radius 3 is 2.77 bits per heavy atom. The molecule has 6 rings (SSSR count). The Bertz CT molecular complexity index is 769. The normalized spacial score (nSPS) is 36.4. The topological polar surface area (TPSA) is 62.2 Å². The molecule has 4 heteroatoms. The SMILES string of the molecule is CCCC(=O)c1cnc2c(c1NC1[C@@H]3CC4C[C@H]1CC(O)(C4)C3)C=CC2. The van der Waals surface area contributed by atoms with Crippen LogP contribution in [0, 0.1) is 17.8 Å². The van der Waals surface area contributed by atoms with Crippen molar-refractivity contribution in [2.75, 3.05) is 5.32 Å². The summed E-state index contributed by atoms with van der Waals surface area (Å²) in [7, 11) is 0. The van der Waals surface area contributed by atoms with Gasteiger partial charge in [-0.1, -0.05) is 19.1 Å². The lowest BCUT2D eigenvalue weighted by atomic mass is 9.52. The maximum absolute atomic E-state index is 12.7. The zero-order chi connectivity index (χ0) is 17.9. The highest BCUT2D eigenvalue weighted by atomic mass is 16.3. The standard InChI is InChI=1S/C22H28N2O2/c1-2-4-19(25)17-12-23-18-6-3-5-16(18)21(17)24-20-14-7-13-8-15(20)11-22(26,9-13)10-14/h3,5,12-15,20,26H,2,4,6-11H2,1H3,(H,23,24)/t13?,14-,15+,20?,22?. The summed E-state index contributed by atoms with van der Waals surface area (Å²) in [5.41, 5.74) is 3.52. The van der Waals surface area contributed by atoms with Gasteiger partial charge in [0.2, 0.25) is 0 Å². The Kier molecular flexibility index (Phi) is 3.75. The van der Waals surface area contributed by atoms with Crippen molar-refractivity contribution >= 4 is 17.5 Å².